The minimum Gasteiger partial charge on any atom is -0.497 e. The lowest BCUT2D eigenvalue weighted by Gasteiger charge is -2.22. The average molecular weight is 400 g/mol. The molecule has 150 valence electrons. The molecule has 0 saturated heterocycles. The van der Waals surface area contributed by atoms with Crippen molar-refractivity contribution in [1.29, 1.82) is 0 Å². The number of methoxy groups -OCH3 is 1. The molecule has 5 heteroatoms. The molecule has 0 fully saturated rings. The lowest BCUT2D eigenvalue weighted by molar-refractivity contribution is 0.295. The number of rotatable bonds is 9. The first-order chi connectivity index (χ1) is 13.5. The molecule has 3 rings (SSSR count). The molecule has 0 radical (unpaired) electrons. The molecule has 2 aromatic carbocycles. The first kappa shape index (κ1) is 20.7. The van der Waals surface area contributed by atoms with Gasteiger partial charge in [0.25, 0.3) is 0 Å². The Hall–Kier alpha value is -2.04. The van der Waals surface area contributed by atoms with Crippen LogP contribution >= 0.6 is 11.6 Å². The van der Waals surface area contributed by atoms with Gasteiger partial charge in [-0.2, -0.15) is 0 Å². The van der Waals surface area contributed by atoms with Crippen molar-refractivity contribution in [1.82, 2.24) is 9.88 Å². The predicted octanol–water partition coefficient (Wildman–Crippen LogP) is 5.97. The Morgan fingerprint density at radius 3 is 2.57 bits per heavy atom. The van der Waals surface area contributed by atoms with Crippen molar-refractivity contribution in [3.63, 3.8) is 0 Å². The number of halogens is 1. The van der Waals surface area contributed by atoms with Crippen molar-refractivity contribution in [2.45, 2.75) is 39.7 Å². The van der Waals surface area contributed by atoms with Crippen LogP contribution in [0, 0.1) is 0 Å². The van der Waals surface area contributed by atoms with Crippen LogP contribution in [0.2, 0.25) is 5.02 Å². The second-order valence-corrected chi connectivity index (χ2v) is 7.68. The first-order valence-electron chi connectivity index (χ1n) is 10.1. The van der Waals surface area contributed by atoms with Gasteiger partial charge < -0.3 is 15.0 Å². The summed E-state index contributed by atoms with van der Waals surface area (Å²) in [4.78, 5) is 7.29. The number of aromatic nitrogens is 1. The molecule has 3 aromatic rings. The second kappa shape index (κ2) is 9.44. The number of fused-ring (bicyclic) bond motifs is 2. The van der Waals surface area contributed by atoms with Gasteiger partial charge in [-0.3, -0.25) is 0 Å². The Balaban J connectivity index is 1.91. The van der Waals surface area contributed by atoms with Gasteiger partial charge in [-0.05, 0) is 69.7 Å². The van der Waals surface area contributed by atoms with Gasteiger partial charge in [-0.25, -0.2) is 4.98 Å². The van der Waals surface area contributed by atoms with Crippen LogP contribution < -0.4 is 10.1 Å². The normalized spacial score (nSPS) is 12.6. The summed E-state index contributed by atoms with van der Waals surface area (Å²) in [5.74, 6) is 0.812. The largest absolute Gasteiger partial charge is 0.497 e. The molecule has 0 aliphatic rings. The lowest BCUT2D eigenvalue weighted by atomic mass is 10.1. The highest BCUT2D eigenvalue weighted by molar-refractivity contribution is 6.31. The minimum absolute atomic E-state index is 0.352. The highest BCUT2D eigenvalue weighted by Gasteiger charge is 2.13. The van der Waals surface area contributed by atoms with Crippen molar-refractivity contribution in [2.24, 2.45) is 0 Å². The first-order valence-corrected chi connectivity index (χ1v) is 10.5. The third-order valence-electron chi connectivity index (χ3n) is 5.34. The minimum atomic E-state index is 0.352. The van der Waals surface area contributed by atoms with Gasteiger partial charge in [0.1, 0.15) is 5.75 Å². The lowest BCUT2D eigenvalue weighted by Crippen LogP contribution is -2.25. The zero-order valence-electron chi connectivity index (χ0n) is 17.3. The van der Waals surface area contributed by atoms with Crippen LogP contribution in [0.25, 0.3) is 21.8 Å². The summed E-state index contributed by atoms with van der Waals surface area (Å²) >= 11 is 6.30. The maximum atomic E-state index is 6.30. The van der Waals surface area contributed by atoms with E-state index in [2.05, 4.69) is 37.1 Å². The number of nitrogens with zero attached hydrogens (tertiary/aromatic N) is 2. The Morgan fingerprint density at radius 2 is 1.86 bits per heavy atom. The van der Waals surface area contributed by atoms with Crippen LogP contribution in [0.3, 0.4) is 0 Å². The average Bonchev–Trinajstić information content (AvgIpc) is 2.71. The van der Waals surface area contributed by atoms with E-state index in [1.54, 1.807) is 7.11 Å². The van der Waals surface area contributed by atoms with Gasteiger partial charge in [0.15, 0.2) is 0 Å². The molecule has 28 heavy (non-hydrogen) atoms. The molecule has 0 aliphatic heterocycles. The molecule has 1 aromatic heterocycles. The fourth-order valence-corrected chi connectivity index (χ4v) is 3.83. The second-order valence-electron chi connectivity index (χ2n) is 7.25. The summed E-state index contributed by atoms with van der Waals surface area (Å²) < 4.78 is 5.39. The molecule has 1 atom stereocenters. The van der Waals surface area contributed by atoms with E-state index >= 15 is 0 Å². The maximum Gasteiger partial charge on any atom is 0.121 e. The van der Waals surface area contributed by atoms with E-state index < -0.39 is 0 Å². The van der Waals surface area contributed by atoms with E-state index in [1.807, 2.05) is 30.3 Å². The SMILES string of the molecule is CCN(CC)CCCC(C)Nc1c2ccc(OC)cc2nc2ccc(Cl)cc12. The van der Waals surface area contributed by atoms with Crippen LogP contribution in [0.1, 0.15) is 33.6 Å². The van der Waals surface area contributed by atoms with E-state index in [9.17, 15) is 0 Å². The van der Waals surface area contributed by atoms with Crippen LogP contribution in [0.15, 0.2) is 36.4 Å². The number of hydrogen-bond acceptors (Lipinski definition) is 4. The topological polar surface area (TPSA) is 37.4 Å². The van der Waals surface area contributed by atoms with Gasteiger partial charge >= 0.3 is 0 Å². The van der Waals surface area contributed by atoms with E-state index in [0.29, 0.717) is 6.04 Å². The Bertz CT molecular complexity index is 940. The predicted molar refractivity (Wildman–Crippen MR) is 121 cm³/mol. The molecular formula is C23H30ClN3O. The highest BCUT2D eigenvalue weighted by atomic mass is 35.5. The zero-order valence-corrected chi connectivity index (χ0v) is 18.0. The quantitative estimate of drug-likeness (QED) is 0.449. The van der Waals surface area contributed by atoms with E-state index in [1.165, 1.54) is 6.42 Å². The Kier molecular flexibility index (Phi) is 6.97. The number of ether oxygens (including phenoxy) is 1. The molecule has 1 unspecified atom stereocenters. The van der Waals surface area contributed by atoms with E-state index in [-0.39, 0.29) is 0 Å². The Labute approximate surface area is 172 Å². The summed E-state index contributed by atoms with van der Waals surface area (Å²) in [5.41, 5.74) is 2.95. The summed E-state index contributed by atoms with van der Waals surface area (Å²) in [6, 6.07) is 12.3. The Morgan fingerprint density at radius 1 is 1.07 bits per heavy atom. The van der Waals surface area contributed by atoms with Crippen molar-refractivity contribution in [2.75, 3.05) is 32.1 Å². The fourth-order valence-electron chi connectivity index (χ4n) is 3.66. The summed E-state index contributed by atoms with van der Waals surface area (Å²) in [7, 11) is 1.68. The standard InChI is InChI=1S/C23H30ClN3O/c1-5-27(6-2)13-7-8-16(3)25-23-19-11-10-18(28-4)15-22(19)26-21-12-9-17(24)14-20(21)23/h9-12,14-16H,5-8,13H2,1-4H3,(H,25,26). The number of nitrogens with one attached hydrogen (secondary N) is 1. The summed E-state index contributed by atoms with van der Waals surface area (Å²) in [6.45, 7) is 10.0. The molecule has 0 bridgehead atoms. The molecule has 0 spiro atoms. The van der Waals surface area contributed by atoms with Crippen LogP contribution in [0.5, 0.6) is 5.75 Å². The highest BCUT2D eigenvalue weighted by Crippen LogP contribution is 2.34. The third-order valence-corrected chi connectivity index (χ3v) is 5.57. The van der Waals surface area contributed by atoms with Crippen molar-refractivity contribution >= 4 is 39.1 Å². The monoisotopic (exact) mass is 399 g/mol. The van der Waals surface area contributed by atoms with Gasteiger partial charge in [0, 0.05) is 27.9 Å². The zero-order chi connectivity index (χ0) is 20.1. The number of pyridine rings is 1. The smallest absolute Gasteiger partial charge is 0.121 e. The van der Waals surface area contributed by atoms with Crippen molar-refractivity contribution < 1.29 is 4.74 Å². The van der Waals surface area contributed by atoms with Crippen molar-refractivity contribution in [3.8, 4) is 5.75 Å². The van der Waals surface area contributed by atoms with Gasteiger partial charge in [0.05, 0.1) is 23.8 Å². The summed E-state index contributed by atoms with van der Waals surface area (Å²) in [5, 5.41) is 6.61. The number of hydrogen-bond donors (Lipinski definition) is 1. The molecule has 4 nitrogen and oxygen atoms in total. The van der Waals surface area contributed by atoms with Crippen molar-refractivity contribution in [3.05, 3.63) is 41.4 Å². The maximum absolute atomic E-state index is 6.30. The van der Waals surface area contributed by atoms with Gasteiger partial charge in [0.2, 0.25) is 0 Å². The third kappa shape index (κ3) is 4.68. The molecule has 1 heterocycles. The molecular weight excluding hydrogens is 370 g/mol. The molecule has 0 amide bonds. The molecule has 0 aliphatic carbocycles. The van der Waals surface area contributed by atoms with Crippen LogP contribution in [0.4, 0.5) is 5.69 Å². The molecule has 0 saturated carbocycles. The molecule has 1 N–H and O–H groups in total. The fraction of sp³-hybridized carbons (Fsp3) is 0.435. The van der Waals surface area contributed by atoms with Crippen LogP contribution in [-0.4, -0.2) is 42.7 Å². The van der Waals surface area contributed by atoms with E-state index in [4.69, 9.17) is 21.3 Å². The van der Waals surface area contributed by atoms with Gasteiger partial charge in [-0.15, -0.1) is 0 Å². The summed E-state index contributed by atoms with van der Waals surface area (Å²) in [6.07, 6.45) is 2.28. The van der Waals surface area contributed by atoms with Crippen LogP contribution in [-0.2, 0) is 0 Å². The number of benzene rings is 2. The van der Waals surface area contributed by atoms with E-state index in [0.717, 1.165) is 64.3 Å². The van der Waals surface area contributed by atoms with Gasteiger partial charge in [-0.1, -0.05) is 25.4 Å². The number of anilines is 1.